The molecule has 188 valence electrons. The standard InChI is InChI=1S/C23H27FN4O5S2/c1-32-18-7-8-19-21(22(18)33-2)26-23(34-19)28-13-11-27(12-14-28)10-9-25-20(29)15-35(30,31)17-5-3-16(24)4-6-17/h3-8H,9-15H2,1-2H3,(H,25,29). The first-order valence-corrected chi connectivity index (χ1v) is 13.5. The first kappa shape index (κ1) is 25.1. The highest BCUT2D eigenvalue weighted by Gasteiger charge is 2.23. The predicted octanol–water partition coefficient (Wildman–Crippen LogP) is 2.16. The normalized spacial score (nSPS) is 14.8. The number of thiazole rings is 1. The van der Waals surface area contributed by atoms with Gasteiger partial charge >= 0.3 is 0 Å². The molecule has 0 radical (unpaired) electrons. The van der Waals surface area contributed by atoms with Crippen molar-refractivity contribution in [3.8, 4) is 11.5 Å². The van der Waals surface area contributed by atoms with Crippen LogP contribution < -0.4 is 19.7 Å². The van der Waals surface area contributed by atoms with Gasteiger partial charge in [-0.3, -0.25) is 9.69 Å². The van der Waals surface area contributed by atoms with Crippen LogP contribution in [0, 0.1) is 5.82 Å². The van der Waals surface area contributed by atoms with Gasteiger partial charge in [0.1, 0.15) is 17.1 Å². The third kappa shape index (κ3) is 5.82. The minimum Gasteiger partial charge on any atom is -0.493 e. The molecule has 0 saturated carbocycles. The van der Waals surface area contributed by atoms with E-state index in [4.69, 9.17) is 14.5 Å². The number of carbonyl (C=O) groups is 1. The van der Waals surface area contributed by atoms with Crippen molar-refractivity contribution >= 4 is 42.4 Å². The Balaban J connectivity index is 1.25. The first-order chi connectivity index (χ1) is 16.8. The maximum absolute atomic E-state index is 13.0. The zero-order valence-electron chi connectivity index (χ0n) is 19.5. The monoisotopic (exact) mass is 522 g/mol. The summed E-state index contributed by atoms with van der Waals surface area (Å²) in [6.45, 7) is 4.11. The lowest BCUT2D eigenvalue weighted by Gasteiger charge is -2.34. The van der Waals surface area contributed by atoms with E-state index in [1.165, 1.54) is 0 Å². The smallest absolute Gasteiger partial charge is 0.235 e. The van der Waals surface area contributed by atoms with Crippen LogP contribution in [0.1, 0.15) is 0 Å². The average Bonchev–Trinajstić information content (AvgIpc) is 3.28. The van der Waals surface area contributed by atoms with Gasteiger partial charge in [0.05, 0.1) is 23.8 Å². The van der Waals surface area contributed by atoms with Gasteiger partial charge in [0, 0.05) is 39.3 Å². The van der Waals surface area contributed by atoms with Crippen LogP contribution in [0.25, 0.3) is 10.2 Å². The Morgan fingerprint density at radius 3 is 2.46 bits per heavy atom. The van der Waals surface area contributed by atoms with E-state index >= 15 is 0 Å². The summed E-state index contributed by atoms with van der Waals surface area (Å²) < 4.78 is 49.5. The van der Waals surface area contributed by atoms with Crippen molar-refractivity contribution in [2.45, 2.75) is 4.90 Å². The number of hydrogen-bond acceptors (Lipinski definition) is 9. The molecule has 35 heavy (non-hydrogen) atoms. The first-order valence-electron chi connectivity index (χ1n) is 11.0. The van der Waals surface area contributed by atoms with Crippen molar-refractivity contribution in [1.29, 1.82) is 0 Å². The van der Waals surface area contributed by atoms with Crippen molar-refractivity contribution < 1.29 is 27.1 Å². The molecule has 0 atom stereocenters. The number of benzene rings is 2. The van der Waals surface area contributed by atoms with E-state index in [2.05, 4.69) is 15.1 Å². The van der Waals surface area contributed by atoms with E-state index in [0.717, 1.165) is 65.8 Å². The number of carbonyl (C=O) groups excluding carboxylic acids is 1. The van der Waals surface area contributed by atoms with Crippen LogP contribution in [-0.4, -0.2) is 83.4 Å². The molecule has 12 heteroatoms. The van der Waals surface area contributed by atoms with Crippen LogP contribution in [0.2, 0.25) is 0 Å². The summed E-state index contributed by atoms with van der Waals surface area (Å²) in [5.74, 6) is -0.501. The van der Waals surface area contributed by atoms with Gasteiger partial charge in [-0.1, -0.05) is 11.3 Å². The number of ether oxygens (including phenoxy) is 2. The largest absolute Gasteiger partial charge is 0.493 e. The topological polar surface area (TPSA) is 101 Å². The highest BCUT2D eigenvalue weighted by atomic mass is 32.2. The molecule has 9 nitrogen and oxygen atoms in total. The van der Waals surface area contributed by atoms with Gasteiger partial charge in [-0.25, -0.2) is 17.8 Å². The van der Waals surface area contributed by atoms with Crippen molar-refractivity contribution in [1.82, 2.24) is 15.2 Å². The molecule has 2 aromatic carbocycles. The van der Waals surface area contributed by atoms with Crippen LogP contribution in [0.3, 0.4) is 0 Å². The fourth-order valence-electron chi connectivity index (χ4n) is 3.90. The lowest BCUT2D eigenvalue weighted by atomic mass is 10.3. The Morgan fingerprint density at radius 2 is 1.80 bits per heavy atom. The number of piperazine rings is 1. The van der Waals surface area contributed by atoms with E-state index in [9.17, 15) is 17.6 Å². The molecule has 1 N–H and O–H groups in total. The van der Waals surface area contributed by atoms with Crippen LogP contribution in [0.4, 0.5) is 9.52 Å². The minimum atomic E-state index is -3.81. The maximum atomic E-state index is 13.0. The van der Waals surface area contributed by atoms with Gasteiger partial charge in [-0.2, -0.15) is 0 Å². The lowest BCUT2D eigenvalue weighted by Crippen LogP contribution is -2.48. The molecule has 4 rings (SSSR count). The summed E-state index contributed by atoms with van der Waals surface area (Å²) in [5.41, 5.74) is 0.785. The zero-order valence-corrected chi connectivity index (χ0v) is 21.1. The summed E-state index contributed by atoms with van der Waals surface area (Å²) in [6.07, 6.45) is 0. The number of sulfone groups is 1. The Bertz CT molecular complexity index is 1290. The third-order valence-electron chi connectivity index (χ3n) is 5.78. The summed E-state index contributed by atoms with van der Waals surface area (Å²) >= 11 is 1.61. The number of anilines is 1. The van der Waals surface area contributed by atoms with E-state index in [1.807, 2.05) is 12.1 Å². The molecule has 1 fully saturated rings. The number of hydrogen-bond donors (Lipinski definition) is 1. The molecule has 0 unspecified atom stereocenters. The number of methoxy groups -OCH3 is 2. The third-order valence-corrected chi connectivity index (χ3v) is 8.49. The van der Waals surface area contributed by atoms with E-state index < -0.39 is 27.3 Å². The Morgan fingerprint density at radius 1 is 1.09 bits per heavy atom. The van der Waals surface area contributed by atoms with Gasteiger partial charge in [-0.15, -0.1) is 0 Å². The molecule has 1 aliphatic heterocycles. The molecule has 1 aromatic heterocycles. The summed E-state index contributed by atoms with van der Waals surface area (Å²) in [5, 5.41) is 3.59. The van der Waals surface area contributed by atoms with Crippen molar-refractivity contribution in [3.63, 3.8) is 0 Å². The van der Waals surface area contributed by atoms with Crippen molar-refractivity contribution in [2.75, 3.05) is 64.1 Å². The second-order valence-electron chi connectivity index (χ2n) is 8.04. The molecule has 0 aliphatic carbocycles. The highest BCUT2D eigenvalue weighted by molar-refractivity contribution is 7.92. The molecule has 1 saturated heterocycles. The summed E-state index contributed by atoms with van der Waals surface area (Å²) in [6, 6.07) is 8.30. The van der Waals surface area contributed by atoms with E-state index in [-0.39, 0.29) is 4.90 Å². The van der Waals surface area contributed by atoms with Crippen LogP contribution in [0.15, 0.2) is 41.3 Å². The molecular weight excluding hydrogens is 495 g/mol. The van der Waals surface area contributed by atoms with Crippen molar-refractivity contribution in [2.24, 2.45) is 0 Å². The van der Waals surface area contributed by atoms with Crippen molar-refractivity contribution in [3.05, 3.63) is 42.2 Å². The fraction of sp³-hybridized carbons (Fsp3) is 0.391. The van der Waals surface area contributed by atoms with Gasteiger partial charge in [0.2, 0.25) is 5.91 Å². The number of aromatic nitrogens is 1. The molecule has 0 bridgehead atoms. The van der Waals surface area contributed by atoms with Gasteiger partial charge in [-0.05, 0) is 36.4 Å². The molecule has 2 heterocycles. The number of halogens is 1. The maximum Gasteiger partial charge on any atom is 0.235 e. The van der Waals surface area contributed by atoms with Gasteiger partial charge < -0.3 is 19.7 Å². The second-order valence-corrected chi connectivity index (χ2v) is 11.0. The Kier molecular flexibility index (Phi) is 7.72. The van der Waals surface area contributed by atoms with Gasteiger partial charge in [0.25, 0.3) is 0 Å². The minimum absolute atomic E-state index is 0.0731. The number of nitrogens with zero attached hydrogens (tertiary/aromatic N) is 3. The van der Waals surface area contributed by atoms with Gasteiger partial charge in [0.15, 0.2) is 26.5 Å². The van der Waals surface area contributed by atoms with E-state index in [0.29, 0.717) is 24.6 Å². The number of fused-ring (bicyclic) bond motifs is 1. The predicted molar refractivity (Wildman–Crippen MR) is 133 cm³/mol. The zero-order chi connectivity index (χ0) is 25.0. The Hall–Kier alpha value is -2.96. The summed E-state index contributed by atoms with van der Waals surface area (Å²) in [4.78, 5) is 21.3. The summed E-state index contributed by atoms with van der Waals surface area (Å²) in [7, 11) is -0.608. The number of nitrogens with one attached hydrogen (secondary N) is 1. The highest BCUT2D eigenvalue weighted by Crippen LogP contribution is 2.40. The molecule has 0 spiro atoms. The lowest BCUT2D eigenvalue weighted by molar-refractivity contribution is -0.118. The molecule has 1 amide bonds. The second kappa shape index (κ2) is 10.8. The SMILES string of the molecule is COc1ccc2sc(N3CCN(CCNC(=O)CS(=O)(=O)c4ccc(F)cc4)CC3)nc2c1OC. The quantitative estimate of drug-likeness (QED) is 0.427. The van der Waals surface area contributed by atoms with E-state index in [1.54, 1.807) is 25.6 Å². The van der Waals surface area contributed by atoms with Crippen LogP contribution in [0.5, 0.6) is 11.5 Å². The molecular formula is C23H27FN4O5S2. The average molecular weight is 523 g/mol. The van der Waals surface area contributed by atoms with Crippen LogP contribution in [-0.2, 0) is 14.6 Å². The molecule has 3 aromatic rings. The number of rotatable bonds is 9. The fourth-order valence-corrected chi connectivity index (χ4v) is 6.08. The number of amides is 1. The Labute approximate surface area is 207 Å². The van der Waals surface area contributed by atoms with Crippen LogP contribution >= 0.6 is 11.3 Å². The molecule has 1 aliphatic rings.